The van der Waals surface area contributed by atoms with Crippen molar-refractivity contribution in [2.24, 2.45) is 0 Å². The smallest absolute Gasteiger partial charge is 0.222 e. The van der Waals surface area contributed by atoms with Gasteiger partial charge in [0.05, 0.1) is 11.5 Å². The lowest BCUT2D eigenvalue weighted by Crippen LogP contribution is -2.36. The summed E-state index contributed by atoms with van der Waals surface area (Å²) in [6.45, 7) is 2.53. The average Bonchev–Trinajstić information content (AvgIpc) is 2.73. The Balaban J connectivity index is 1.73. The Morgan fingerprint density at radius 1 is 1.43 bits per heavy atom. The highest BCUT2D eigenvalue weighted by atomic mass is 79.9. The lowest BCUT2D eigenvalue weighted by molar-refractivity contribution is -0.121. The number of sulfone groups is 1. The van der Waals surface area contributed by atoms with Gasteiger partial charge in [-0.05, 0) is 31.0 Å². The minimum Gasteiger partial charge on any atom is -0.384 e. The summed E-state index contributed by atoms with van der Waals surface area (Å²) in [4.78, 5) is 11.8. The van der Waals surface area contributed by atoms with Gasteiger partial charge in [0.25, 0.3) is 0 Å². The van der Waals surface area contributed by atoms with Crippen LogP contribution in [0.1, 0.15) is 18.4 Å². The predicted molar refractivity (Wildman–Crippen MR) is 87.2 cm³/mol. The Hall–Kier alpha value is -1.08. The van der Waals surface area contributed by atoms with E-state index in [2.05, 4.69) is 26.6 Å². The molecule has 1 aromatic carbocycles. The first-order chi connectivity index (χ1) is 9.85. The Labute approximate surface area is 133 Å². The quantitative estimate of drug-likeness (QED) is 0.824. The van der Waals surface area contributed by atoms with Crippen molar-refractivity contribution in [2.75, 3.05) is 23.4 Å². The van der Waals surface area contributed by atoms with Crippen molar-refractivity contribution in [1.82, 2.24) is 5.32 Å². The molecule has 116 valence electrons. The monoisotopic (exact) mass is 374 g/mol. The first-order valence-electron chi connectivity index (χ1n) is 6.85. The predicted octanol–water partition coefficient (Wildman–Crippen LogP) is 1.86. The number of nitrogens with one attached hydrogen (secondary N) is 2. The van der Waals surface area contributed by atoms with Gasteiger partial charge in [0.15, 0.2) is 9.84 Å². The van der Waals surface area contributed by atoms with Gasteiger partial charge in [-0.2, -0.15) is 0 Å². The van der Waals surface area contributed by atoms with Crippen molar-refractivity contribution in [2.45, 2.75) is 25.8 Å². The molecular formula is C14H19BrN2O3S. The fourth-order valence-corrected chi connectivity index (χ4v) is 4.28. The molecule has 2 rings (SSSR count). The summed E-state index contributed by atoms with van der Waals surface area (Å²) in [5.41, 5.74) is 2.10. The van der Waals surface area contributed by atoms with E-state index in [0.717, 1.165) is 15.7 Å². The van der Waals surface area contributed by atoms with Crippen molar-refractivity contribution < 1.29 is 13.2 Å². The van der Waals surface area contributed by atoms with E-state index in [1.807, 2.05) is 25.1 Å². The minimum atomic E-state index is -2.95. The number of hydrogen-bond donors (Lipinski definition) is 2. The molecule has 1 atom stereocenters. The number of hydrogen-bond acceptors (Lipinski definition) is 4. The van der Waals surface area contributed by atoms with Crippen LogP contribution in [0.3, 0.4) is 0 Å². The van der Waals surface area contributed by atoms with Gasteiger partial charge < -0.3 is 10.6 Å². The molecule has 0 saturated carbocycles. The second-order valence-electron chi connectivity index (χ2n) is 5.31. The second-order valence-corrected chi connectivity index (χ2v) is 8.39. The minimum absolute atomic E-state index is 0.0665. The molecule has 1 aromatic rings. The maximum atomic E-state index is 11.8. The molecule has 1 saturated heterocycles. The van der Waals surface area contributed by atoms with Crippen molar-refractivity contribution in [1.29, 1.82) is 0 Å². The molecule has 0 bridgehead atoms. The van der Waals surface area contributed by atoms with E-state index >= 15 is 0 Å². The molecule has 0 aliphatic carbocycles. The molecule has 0 radical (unpaired) electrons. The van der Waals surface area contributed by atoms with Gasteiger partial charge in [-0.1, -0.05) is 22.0 Å². The second kappa shape index (κ2) is 6.79. The van der Waals surface area contributed by atoms with E-state index in [1.54, 1.807) is 0 Å². The molecule has 1 fully saturated rings. The van der Waals surface area contributed by atoms with E-state index in [4.69, 9.17) is 0 Å². The zero-order valence-electron chi connectivity index (χ0n) is 11.9. The molecule has 0 aromatic heterocycles. The maximum Gasteiger partial charge on any atom is 0.222 e. The first-order valence-corrected chi connectivity index (χ1v) is 9.47. The van der Waals surface area contributed by atoms with Crippen LogP contribution in [0.15, 0.2) is 22.7 Å². The van der Waals surface area contributed by atoms with Crippen LogP contribution in [0, 0.1) is 6.92 Å². The summed E-state index contributed by atoms with van der Waals surface area (Å²) < 4.78 is 23.6. The van der Waals surface area contributed by atoms with E-state index in [1.165, 1.54) is 0 Å². The van der Waals surface area contributed by atoms with Crippen LogP contribution in [0.2, 0.25) is 0 Å². The normalized spacial score (nSPS) is 20.2. The number of halogens is 1. The molecule has 1 heterocycles. The summed E-state index contributed by atoms with van der Waals surface area (Å²) >= 11 is 3.46. The number of aryl methyl sites for hydroxylation is 1. The van der Waals surface area contributed by atoms with E-state index in [0.29, 0.717) is 19.4 Å². The van der Waals surface area contributed by atoms with Crippen molar-refractivity contribution >= 4 is 37.4 Å². The molecule has 1 unspecified atom stereocenters. The van der Waals surface area contributed by atoms with Gasteiger partial charge in [0.2, 0.25) is 5.91 Å². The fraction of sp³-hybridized carbons (Fsp3) is 0.500. The average molecular weight is 375 g/mol. The lowest BCUT2D eigenvalue weighted by Gasteiger charge is -2.12. The number of carbonyl (C=O) groups is 1. The molecular weight excluding hydrogens is 356 g/mol. The van der Waals surface area contributed by atoms with E-state index in [-0.39, 0.29) is 23.5 Å². The van der Waals surface area contributed by atoms with E-state index < -0.39 is 9.84 Å². The van der Waals surface area contributed by atoms with Gasteiger partial charge in [0.1, 0.15) is 0 Å². The number of benzene rings is 1. The number of rotatable bonds is 5. The highest BCUT2D eigenvalue weighted by molar-refractivity contribution is 9.10. The summed E-state index contributed by atoms with van der Waals surface area (Å²) in [5, 5.41) is 5.95. The van der Waals surface area contributed by atoms with Gasteiger partial charge in [0, 0.05) is 29.2 Å². The molecule has 21 heavy (non-hydrogen) atoms. The van der Waals surface area contributed by atoms with Crippen LogP contribution in [0.5, 0.6) is 0 Å². The van der Waals surface area contributed by atoms with Crippen LogP contribution in [-0.2, 0) is 14.6 Å². The summed E-state index contributed by atoms with van der Waals surface area (Å²) in [5.74, 6) is 0.126. The lowest BCUT2D eigenvalue weighted by atomic mass is 10.2. The third-order valence-corrected chi connectivity index (χ3v) is 6.07. The SMILES string of the molecule is Cc1ccc(NCCC(=O)NC2CCS(=O)(=O)C2)cc1Br. The molecule has 1 amide bonds. The van der Waals surface area contributed by atoms with Crippen molar-refractivity contribution in [3.05, 3.63) is 28.2 Å². The third-order valence-electron chi connectivity index (χ3n) is 3.45. The topological polar surface area (TPSA) is 75.3 Å². The Morgan fingerprint density at radius 3 is 2.81 bits per heavy atom. The maximum absolute atomic E-state index is 11.8. The molecule has 1 aliphatic rings. The van der Waals surface area contributed by atoms with Gasteiger partial charge >= 0.3 is 0 Å². The Kier molecular flexibility index (Phi) is 5.27. The Bertz CT molecular complexity index is 631. The zero-order valence-corrected chi connectivity index (χ0v) is 14.3. The van der Waals surface area contributed by atoms with Crippen LogP contribution >= 0.6 is 15.9 Å². The van der Waals surface area contributed by atoms with Crippen molar-refractivity contribution in [3.8, 4) is 0 Å². The van der Waals surface area contributed by atoms with Gasteiger partial charge in [-0.3, -0.25) is 4.79 Å². The van der Waals surface area contributed by atoms with Gasteiger partial charge in [-0.25, -0.2) is 8.42 Å². The highest BCUT2D eigenvalue weighted by Crippen LogP contribution is 2.20. The van der Waals surface area contributed by atoms with Gasteiger partial charge in [-0.15, -0.1) is 0 Å². The number of anilines is 1. The standard InChI is InChI=1S/C14H19BrN2O3S/c1-10-2-3-11(8-13(10)15)16-6-4-14(18)17-12-5-7-21(19,20)9-12/h2-3,8,12,16H,4-7,9H2,1H3,(H,17,18). The third kappa shape index (κ3) is 5.00. The highest BCUT2D eigenvalue weighted by Gasteiger charge is 2.28. The van der Waals surface area contributed by atoms with Crippen LogP contribution < -0.4 is 10.6 Å². The summed E-state index contributed by atoms with van der Waals surface area (Å²) in [6.07, 6.45) is 0.842. The summed E-state index contributed by atoms with van der Waals surface area (Å²) in [7, 11) is -2.95. The van der Waals surface area contributed by atoms with Crippen LogP contribution in [0.25, 0.3) is 0 Å². The largest absolute Gasteiger partial charge is 0.384 e. The Morgan fingerprint density at radius 2 is 2.19 bits per heavy atom. The number of carbonyl (C=O) groups excluding carboxylic acids is 1. The number of amides is 1. The van der Waals surface area contributed by atoms with Crippen molar-refractivity contribution in [3.63, 3.8) is 0 Å². The molecule has 2 N–H and O–H groups in total. The molecule has 7 heteroatoms. The van der Waals surface area contributed by atoms with Crippen LogP contribution in [-0.4, -0.2) is 38.4 Å². The first kappa shape index (κ1) is 16.3. The fourth-order valence-electron chi connectivity index (χ4n) is 2.23. The molecule has 5 nitrogen and oxygen atoms in total. The summed E-state index contributed by atoms with van der Waals surface area (Å²) in [6, 6.07) is 5.70. The molecule has 1 aliphatic heterocycles. The molecule has 0 spiro atoms. The van der Waals surface area contributed by atoms with Crippen LogP contribution in [0.4, 0.5) is 5.69 Å². The van der Waals surface area contributed by atoms with E-state index in [9.17, 15) is 13.2 Å². The zero-order chi connectivity index (χ0) is 15.5.